The quantitative estimate of drug-likeness (QED) is 0.358. The minimum Gasteiger partial charge on any atom is -0.399 e. The standard InChI is InChI=1S/C28H37N3O2/c1-21-25-10-3-4-11-26(25)31(18-7-19-33-2)28(21)23-9-6-17-30(20-23)27(32)12-5-8-22-13-15-24(29)16-14-22/h3-4,10-11,13-16,23H,5-9,12,17-20,29H2,1-2H3. The van der Waals surface area contributed by atoms with Crippen LogP contribution in [0.1, 0.15) is 54.8 Å². The van der Waals surface area contributed by atoms with Crippen molar-refractivity contribution in [1.82, 2.24) is 9.47 Å². The number of hydrogen-bond donors (Lipinski definition) is 1. The lowest BCUT2D eigenvalue weighted by molar-refractivity contribution is -0.132. The fourth-order valence-electron chi connectivity index (χ4n) is 5.34. The van der Waals surface area contributed by atoms with E-state index in [0.717, 1.165) is 64.0 Å². The van der Waals surface area contributed by atoms with Gasteiger partial charge >= 0.3 is 0 Å². The van der Waals surface area contributed by atoms with Gasteiger partial charge in [0, 0.05) is 68.0 Å². The smallest absolute Gasteiger partial charge is 0.222 e. The first-order valence-electron chi connectivity index (χ1n) is 12.3. The van der Waals surface area contributed by atoms with Crippen LogP contribution in [0.2, 0.25) is 0 Å². The van der Waals surface area contributed by atoms with Crippen molar-refractivity contribution in [1.29, 1.82) is 0 Å². The van der Waals surface area contributed by atoms with Gasteiger partial charge in [-0.1, -0.05) is 30.3 Å². The second kappa shape index (κ2) is 10.9. The predicted molar refractivity (Wildman–Crippen MR) is 136 cm³/mol. The van der Waals surface area contributed by atoms with Gasteiger partial charge in [-0.05, 0) is 68.4 Å². The number of piperidine rings is 1. The third-order valence-corrected chi connectivity index (χ3v) is 7.00. The zero-order valence-electron chi connectivity index (χ0n) is 20.1. The Morgan fingerprint density at radius 3 is 2.70 bits per heavy atom. The molecule has 1 aliphatic heterocycles. The van der Waals surface area contributed by atoms with Crippen LogP contribution < -0.4 is 5.73 Å². The van der Waals surface area contributed by atoms with Crippen LogP contribution in [0.5, 0.6) is 0 Å². The monoisotopic (exact) mass is 447 g/mol. The highest BCUT2D eigenvalue weighted by atomic mass is 16.5. The number of benzene rings is 2. The molecule has 0 radical (unpaired) electrons. The third-order valence-electron chi connectivity index (χ3n) is 7.00. The van der Waals surface area contributed by atoms with Gasteiger partial charge in [0.05, 0.1) is 0 Å². The van der Waals surface area contributed by atoms with E-state index >= 15 is 0 Å². The van der Waals surface area contributed by atoms with Crippen molar-refractivity contribution >= 4 is 22.5 Å². The minimum atomic E-state index is 0.287. The molecule has 1 aliphatic rings. The van der Waals surface area contributed by atoms with Crippen molar-refractivity contribution in [3.8, 4) is 0 Å². The highest BCUT2D eigenvalue weighted by Gasteiger charge is 2.29. The van der Waals surface area contributed by atoms with E-state index < -0.39 is 0 Å². The number of para-hydroxylation sites is 1. The molecule has 2 N–H and O–H groups in total. The van der Waals surface area contributed by atoms with Gasteiger partial charge in [0.2, 0.25) is 5.91 Å². The lowest BCUT2D eigenvalue weighted by Crippen LogP contribution is -2.39. The first-order chi connectivity index (χ1) is 16.1. The average molecular weight is 448 g/mol. The Hall–Kier alpha value is -2.79. The molecule has 0 bridgehead atoms. The molecule has 0 saturated carbocycles. The number of ether oxygens (including phenoxy) is 1. The number of amides is 1. The number of nitrogen functional groups attached to an aromatic ring is 1. The number of likely N-dealkylation sites (tertiary alicyclic amines) is 1. The Morgan fingerprint density at radius 2 is 1.91 bits per heavy atom. The normalized spacial score (nSPS) is 16.4. The summed E-state index contributed by atoms with van der Waals surface area (Å²) in [5.41, 5.74) is 11.9. The maximum Gasteiger partial charge on any atom is 0.222 e. The van der Waals surface area contributed by atoms with Gasteiger partial charge in [0.25, 0.3) is 0 Å². The molecule has 4 rings (SSSR count). The van der Waals surface area contributed by atoms with Crippen LogP contribution in [0.15, 0.2) is 48.5 Å². The number of nitrogens with zero attached hydrogens (tertiary/aromatic N) is 2. The van der Waals surface area contributed by atoms with E-state index in [1.54, 1.807) is 7.11 Å². The van der Waals surface area contributed by atoms with E-state index in [-0.39, 0.29) is 5.91 Å². The highest BCUT2D eigenvalue weighted by Crippen LogP contribution is 2.35. The van der Waals surface area contributed by atoms with Gasteiger partial charge in [-0.3, -0.25) is 4.79 Å². The summed E-state index contributed by atoms with van der Waals surface area (Å²) in [6.07, 6.45) is 5.58. The van der Waals surface area contributed by atoms with E-state index in [1.165, 1.54) is 27.7 Å². The van der Waals surface area contributed by atoms with Crippen LogP contribution in [0, 0.1) is 6.92 Å². The first-order valence-corrected chi connectivity index (χ1v) is 12.3. The topological polar surface area (TPSA) is 60.5 Å². The molecule has 0 spiro atoms. The molecule has 0 aliphatic carbocycles. The number of rotatable bonds is 9. The lowest BCUT2D eigenvalue weighted by atomic mass is 9.91. The highest BCUT2D eigenvalue weighted by molar-refractivity contribution is 5.85. The first kappa shape index (κ1) is 23.4. The number of nitrogens with two attached hydrogens (primary N) is 1. The van der Waals surface area contributed by atoms with E-state index in [2.05, 4.69) is 52.8 Å². The fraction of sp³-hybridized carbons (Fsp3) is 0.464. The van der Waals surface area contributed by atoms with Gasteiger partial charge in [-0.15, -0.1) is 0 Å². The van der Waals surface area contributed by atoms with Crippen molar-refractivity contribution < 1.29 is 9.53 Å². The maximum atomic E-state index is 13.1. The molecule has 1 fully saturated rings. The third kappa shape index (κ3) is 5.41. The van der Waals surface area contributed by atoms with Crippen molar-refractivity contribution in [3.05, 3.63) is 65.4 Å². The largest absolute Gasteiger partial charge is 0.399 e. The number of carbonyl (C=O) groups is 1. The summed E-state index contributed by atoms with van der Waals surface area (Å²) >= 11 is 0. The summed E-state index contributed by atoms with van der Waals surface area (Å²) in [4.78, 5) is 15.2. The molecule has 1 saturated heterocycles. The molecule has 5 nitrogen and oxygen atoms in total. The van der Waals surface area contributed by atoms with Crippen LogP contribution in [0.3, 0.4) is 0 Å². The summed E-state index contributed by atoms with van der Waals surface area (Å²) in [7, 11) is 1.76. The number of aromatic nitrogens is 1. The molecule has 1 atom stereocenters. The zero-order valence-corrected chi connectivity index (χ0v) is 20.1. The Kier molecular flexibility index (Phi) is 7.71. The second-order valence-electron chi connectivity index (χ2n) is 9.30. The Labute approximate surface area is 197 Å². The van der Waals surface area contributed by atoms with Crippen molar-refractivity contribution in [2.24, 2.45) is 0 Å². The molecule has 33 heavy (non-hydrogen) atoms. The molecule has 3 aromatic rings. The zero-order chi connectivity index (χ0) is 23.2. The van der Waals surface area contributed by atoms with Crippen LogP contribution in [0.4, 0.5) is 5.69 Å². The SMILES string of the molecule is COCCCn1c(C2CCCN(C(=O)CCCc3ccc(N)cc3)C2)c(C)c2ccccc21. The van der Waals surface area contributed by atoms with Crippen LogP contribution in [-0.4, -0.2) is 42.2 Å². The van der Waals surface area contributed by atoms with Crippen LogP contribution in [-0.2, 0) is 22.5 Å². The molecule has 176 valence electrons. The second-order valence-corrected chi connectivity index (χ2v) is 9.30. The van der Waals surface area contributed by atoms with Gasteiger partial charge in [-0.25, -0.2) is 0 Å². The molecule has 2 aromatic carbocycles. The maximum absolute atomic E-state index is 13.1. The molecule has 1 aromatic heterocycles. The number of anilines is 1. The number of fused-ring (bicyclic) bond motifs is 1. The van der Waals surface area contributed by atoms with Crippen molar-refractivity contribution in [2.75, 3.05) is 32.5 Å². The van der Waals surface area contributed by atoms with E-state index in [9.17, 15) is 4.79 Å². The molecule has 1 amide bonds. The number of methoxy groups -OCH3 is 1. The Bertz CT molecular complexity index is 1070. The molecule has 1 unspecified atom stereocenters. The Balaban J connectivity index is 1.45. The van der Waals surface area contributed by atoms with Crippen molar-refractivity contribution in [3.63, 3.8) is 0 Å². The number of hydrogen-bond acceptors (Lipinski definition) is 3. The van der Waals surface area contributed by atoms with Gasteiger partial charge < -0.3 is 19.9 Å². The minimum absolute atomic E-state index is 0.287. The number of carbonyl (C=O) groups excluding carboxylic acids is 1. The summed E-state index contributed by atoms with van der Waals surface area (Å²) in [6.45, 7) is 5.65. The van der Waals surface area contributed by atoms with Gasteiger partial charge in [0.1, 0.15) is 0 Å². The molecule has 2 heterocycles. The molecule has 5 heteroatoms. The lowest BCUT2D eigenvalue weighted by Gasteiger charge is -2.34. The molecular weight excluding hydrogens is 410 g/mol. The molecular formula is C28H37N3O2. The average Bonchev–Trinajstić information content (AvgIpc) is 3.12. The van der Waals surface area contributed by atoms with E-state index in [4.69, 9.17) is 10.5 Å². The van der Waals surface area contributed by atoms with Gasteiger partial charge in [-0.2, -0.15) is 0 Å². The van der Waals surface area contributed by atoms with E-state index in [0.29, 0.717) is 12.3 Å². The van der Waals surface area contributed by atoms with Crippen LogP contribution in [0.25, 0.3) is 10.9 Å². The van der Waals surface area contributed by atoms with Gasteiger partial charge in [0.15, 0.2) is 0 Å². The summed E-state index contributed by atoms with van der Waals surface area (Å²) in [6, 6.07) is 16.7. The number of aryl methyl sites for hydroxylation is 3. The summed E-state index contributed by atoms with van der Waals surface area (Å²) in [5.74, 6) is 0.671. The summed E-state index contributed by atoms with van der Waals surface area (Å²) in [5, 5.41) is 1.33. The predicted octanol–water partition coefficient (Wildman–Crippen LogP) is 5.30. The van der Waals surface area contributed by atoms with E-state index in [1.807, 2.05) is 12.1 Å². The Morgan fingerprint density at radius 1 is 1.12 bits per heavy atom. The summed E-state index contributed by atoms with van der Waals surface area (Å²) < 4.78 is 7.81. The van der Waals surface area contributed by atoms with Crippen LogP contribution >= 0.6 is 0 Å². The fourth-order valence-corrected chi connectivity index (χ4v) is 5.34. The van der Waals surface area contributed by atoms with Crippen molar-refractivity contribution in [2.45, 2.75) is 57.9 Å².